The molecule has 0 aliphatic carbocycles. The van der Waals surface area contributed by atoms with E-state index in [2.05, 4.69) is 5.32 Å². The van der Waals surface area contributed by atoms with Crippen molar-refractivity contribution >= 4 is 40.4 Å². The maximum absolute atomic E-state index is 13.1. The summed E-state index contributed by atoms with van der Waals surface area (Å²) in [6.45, 7) is 6.82. The number of nitrogens with zero attached hydrogens (tertiary/aromatic N) is 3. The zero-order valence-electron chi connectivity index (χ0n) is 19.0. The zero-order valence-corrected chi connectivity index (χ0v) is 19.0. The highest BCUT2D eigenvalue weighted by Crippen LogP contribution is 2.29. The smallest absolute Gasteiger partial charge is 0.410 e. The Labute approximate surface area is 192 Å². The molecule has 2 heterocycles. The molecule has 9 nitrogen and oxygen atoms in total. The Morgan fingerprint density at radius 3 is 2.30 bits per heavy atom. The summed E-state index contributed by atoms with van der Waals surface area (Å²) in [6.07, 6.45) is -0.531. The Morgan fingerprint density at radius 2 is 1.61 bits per heavy atom. The van der Waals surface area contributed by atoms with Crippen LogP contribution in [0.3, 0.4) is 0 Å². The van der Waals surface area contributed by atoms with Crippen molar-refractivity contribution in [3.8, 4) is 0 Å². The van der Waals surface area contributed by atoms with Crippen molar-refractivity contribution in [3.05, 3.63) is 42.5 Å². The van der Waals surface area contributed by atoms with Crippen LogP contribution in [0, 0.1) is 0 Å². The molecule has 1 N–H and O–H groups in total. The normalized spacial score (nSPS) is 19.1. The van der Waals surface area contributed by atoms with Crippen LogP contribution in [-0.4, -0.2) is 71.6 Å². The number of amides is 5. The van der Waals surface area contributed by atoms with E-state index in [1.807, 2.05) is 30.3 Å². The Hall–Kier alpha value is -3.62. The van der Waals surface area contributed by atoms with Crippen LogP contribution in [0.5, 0.6) is 0 Å². The van der Waals surface area contributed by atoms with Crippen molar-refractivity contribution in [3.63, 3.8) is 0 Å². The molecule has 2 saturated heterocycles. The van der Waals surface area contributed by atoms with Crippen molar-refractivity contribution in [2.45, 2.75) is 38.8 Å². The van der Waals surface area contributed by atoms with Gasteiger partial charge >= 0.3 is 12.1 Å². The molecule has 33 heavy (non-hydrogen) atoms. The molecule has 174 valence electrons. The summed E-state index contributed by atoms with van der Waals surface area (Å²) in [5.74, 6) is -0.686. The van der Waals surface area contributed by atoms with Crippen LogP contribution < -0.4 is 10.2 Å². The van der Waals surface area contributed by atoms with Crippen molar-refractivity contribution in [2.24, 2.45) is 0 Å². The second-order valence-electron chi connectivity index (χ2n) is 9.23. The summed E-state index contributed by atoms with van der Waals surface area (Å²) in [6, 6.07) is 11.5. The lowest BCUT2D eigenvalue weighted by molar-refractivity contribution is -0.135. The largest absolute Gasteiger partial charge is 0.444 e. The van der Waals surface area contributed by atoms with E-state index in [-0.39, 0.29) is 12.3 Å². The van der Waals surface area contributed by atoms with Crippen LogP contribution in [-0.2, 0) is 14.3 Å². The van der Waals surface area contributed by atoms with Crippen molar-refractivity contribution < 1.29 is 23.9 Å². The maximum Gasteiger partial charge on any atom is 0.410 e. The van der Waals surface area contributed by atoms with Gasteiger partial charge in [0.05, 0.1) is 12.1 Å². The molecule has 4 rings (SSSR count). The van der Waals surface area contributed by atoms with E-state index >= 15 is 0 Å². The number of urea groups is 1. The van der Waals surface area contributed by atoms with Gasteiger partial charge in [0.2, 0.25) is 5.91 Å². The second kappa shape index (κ2) is 8.73. The molecule has 1 atom stereocenters. The predicted molar refractivity (Wildman–Crippen MR) is 123 cm³/mol. The number of ether oxygens (including phenoxy) is 1. The highest BCUT2D eigenvalue weighted by atomic mass is 16.6. The van der Waals surface area contributed by atoms with Crippen LogP contribution >= 0.6 is 0 Å². The van der Waals surface area contributed by atoms with Gasteiger partial charge in [-0.15, -0.1) is 0 Å². The van der Waals surface area contributed by atoms with Gasteiger partial charge in [-0.2, -0.15) is 0 Å². The van der Waals surface area contributed by atoms with Crippen LogP contribution in [0.25, 0.3) is 10.8 Å². The number of benzene rings is 2. The first-order chi connectivity index (χ1) is 15.6. The summed E-state index contributed by atoms with van der Waals surface area (Å²) in [7, 11) is 0. The van der Waals surface area contributed by atoms with E-state index in [1.165, 1.54) is 0 Å². The first kappa shape index (κ1) is 22.6. The average Bonchev–Trinajstić information content (AvgIpc) is 3.05. The summed E-state index contributed by atoms with van der Waals surface area (Å²) in [4.78, 5) is 55.0. The summed E-state index contributed by atoms with van der Waals surface area (Å²) >= 11 is 0. The van der Waals surface area contributed by atoms with E-state index in [9.17, 15) is 19.2 Å². The van der Waals surface area contributed by atoms with Crippen LogP contribution in [0.15, 0.2) is 42.5 Å². The molecule has 0 bridgehead atoms. The van der Waals surface area contributed by atoms with E-state index in [4.69, 9.17) is 4.74 Å². The summed E-state index contributed by atoms with van der Waals surface area (Å²) in [5.41, 5.74) is -0.0855. The van der Waals surface area contributed by atoms with Gasteiger partial charge in [0, 0.05) is 31.6 Å². The Kier molecular flexibility index (Phi) is 5.97. The molecule has 2 aromatic rings. The third-order valence-electron chi connectivity index (χ3n) is 5.69. The Morgan fingerprint density at radius 1 is 0.970 bits per heavy atom. The lowest BCUT2D eigenvalue weighted by atomic mass is 10.1. The van der Waals surface area contributed by atoms with E-state index < -0.39 is 29.7 Å². The molecule has 2 aliphatic rings. The van der Waals surface area contributed by atoms with Crippen molar-refractivity contribution in [1.29, 1.82) is 0 Å². The van der Waals surface area contributed by atoms with E-state index in [1.54, 1.807) is 42.7 Å². The summed E-state index contributed by atoms with van der Waals surface area (Å²) < 4.78 is 5.38. The van der Waals surface area contributed by atoms with Gasteiger partial charge in [-0.25, -0.2) is 14.5 Å². The third kappa shape index (κ3) is 4.76. The number of hydrogen-bond acceptors (Lipinski definition) is 5. The number of carbonyl (C=O) groups is 4. The minimum atomic E-state index is -0.923. The highest BCUT2D eigenvalue weighted by Gasteiger charge is 2.41. The molecular formula is C24H28N4O5. The molecule has 5 amide bonds. The number of imide groups is 1. The molecule has 0 saturated carbocycles. The first-order valence-corrected chi connectivity index (χ1v) is 11.0. The standard InChI is InChI=1S/C24H28N4O5/c1-24(2,3)33-23(32)27-13-11-26(12-14-27)20(29)15-18-21(30)28(22(31)25-18)19-10-6-8-16-7-4-5-9-17(16)19/h4-10,18H,11-15H2,1-3H3,(H,25,31)/t18-/m0/s1. The molecule has 2 fully saturated rings. The minimum Gasteiger partial charge on any atom is -0.444 e. The van der Waals surface area contributed by atoms with Gasteiger partial charge in [0.25, 0.3) is 5.91 Å². The van der Waals surface area contributed by atoms with E-state index in [0.717, 1.165) is 15.7 Å². The van der Waals surface area contributed by atoms with Gasteiger partial charge < -0.3 is 19.9 Å². The number of anilines is 1. The third-order valence-corrected chi connectivity index (χ3v) is 5.69. The fraction of sp³-hybridized carbons (Fsp3) is 0.417. The van der Waals surface area contributed by atoms with Crippen molar-refractivity contribution in [1.82, 2.24) is 15.1 Å². The van der Waals surface area contributed by atoms with E-state index in [0.29, 0.717) is 31.9 Å². The topological polar surface area (TPSA) is 99.3 Å². The van der Waals surface area contributed by atoms with Gasteiger partial charge in [0.15, 0.2) is 0 Å². The molecule has 9 heteroatoms. The number of nitrogens with one attached hydrogen (secondary N) is 1. The Balaban J connectivity index is 1.38. The molecular weight excluding hydrogens is 424 g/mol. The maximum atomic E-state index is 13.1. The van der Waals surface area contributed by atoms with Gasteiger partial charge in [-0.3, -0.25) is 9.59 Å². The predicted octanol–water partition coefficient (Wildman–Crippen LogP) is 2.73. The van der Waals surface area contributed by atoms with Gasteiger partial charge in [0.1, 0.15) is 11.6 Å². The first-order valence-electron chi connectivity index (χ1n) is 11.0. The van der Waals surface area contributed by atoms with Crippen LogP contribution in [0.2, 0.25) is 0 Å². The lowest BCUT2D eigenvalue weighted by Gasteiger charge is -2.35. The SMILES string of the molecule is CC(C)(C)OC(=O)N1CCN(C(=O)C[C@@H]2NC(=O)N(c3cccc4ccccc34)C2=O)CC1. The molecule has 2 aromatic carbocycles. The number of hydrogen-bond donors (Lipinski definition) is 1. The van der Waals surface area contributed by atoms with Gasteiger partial charge in [-0.1, -0.05) is 36.4 Å². The Bertz CT molecular complexity index is 1100. The molecule has 0 radical (unpaired) electrons. The fourth-order valence-electron chi connectivity index (χ4n) is 4.07. The quantitative estimate of drug-likeness (QED) is 0.722. The monoisotopic (exact) mass is 452 g/mol. The fourth-order valence-corrected chi connectivity index (χ4v) is 4.07. The number of carbonyl (C=O) groups excluding carboxylic acids is 4. The van der Waals surface area contributed by atoms with Gasteiger partial charge in [-0.05, 0) is 32.2 Å². The highest BCUT2D eigenvalue weighted by molar-refractivity contribution is 6.24. The average molecular weight is 453 g/mol. The molecule has 0 spiro atoms. The van der Waals surface area contributed by atoms with Crippen LogP contribution in [0.4, 0.5) is 15.3 Å². The van der Waals surface area contributed by atoms with Crippen LogP contribution in [0.1, 0.15) is 27.2 Å². The minimum absolute atomic E-state index is 0.127. The summed E-state index contributed by atoms with van der Waals surface area (Å²) in [5, 5.41) is 4.35. The lowest BCUT2D eigenvalue weighted by Crippen LogP contribution is -2.52. The molecule has 0 unspecified atom stereocenters. The number of fused-ring (bicyclic) bond motifs is 1. The number of rotatable bonds is 3. The second-order valence-corrected chi connectivity index (χ2v) is 9.23. The zero-order chi connectivity index (χ0) is 23.8. The molecule has 0 aromatic heterocycles. The van der Waals surface area contributed by atoms with Crippen molar-refractivity contribution in [2.75, 3.05) is 31.1 Å². The number of piperazine rings is 1. The molecule has 2 aliphatic heterocycles.